The van der Waals surface area contributed by atoms with E-state index in [-0.39, 0.29) is 0 Å². The molecule has 4 heteroatoms. The minimum Gasteiger partial charge on any atom is -0.457 e. The molecule has 3 aromatic heterocycles. The van der Waals surface area contributed by atoms with E-state index in [2.05, 4.69) is 288 Å². The molecule has 0 radical (unpaired) electrons. The second-order valence-electron chi connectivity index (χ2n) is 19.6. The van der Waals surface area contributed by atoms with E-state index in [9.17, 15) is 0 Å². The van der Waals surface area contributed by atoms with E-state index in [0.29, 0.717) is 0 Å². The highest BCUT2D eigenvalue weighted by atomic mass is 32.1. The van der Waals surface area contributed by atoms with Gasteiger partial charge in [-0.15, -0.1) is 11.3 Å². The Hall–Kier alpha value is -9.74. The average molecular weight is 987 g/mol. The van der Waals surface area contributed by atoms with E-state index in [1.54, 1.807) is 0 Å². The van der Waals surface area contributed by atoms with E-state index in [0.717, 1.165) is 61.5 Å². The molecule has 0 N–H and O–H groups in total. The van der Waals surface area contributed by atoms with Gasteiger partial charge in [0.05, 0.1) is 22.1 Å². The first-order valence-corrected chi connectivity index (χ1v) is 26.7. The summed E-state index contributed by atoms with van der Waals surface area (Å²) in [4.78, 5) is 0. The van der Waals surface area contributed by atoms with Crippen LogP contribution in [-0.2, 0) is 0 Å². The van der Waals surface area contributed by atoms with Gasteiger partial charge in [-0.05, 0) is 135 Å². The number of fused-ring (bicyclic) bond motifs is 9. The lowest BCUT2D eigenvalue weighted by Crippen LogP contribution is -1.96. The van der Waals surface area contributed by atoms with Crippen LogP contribution in [-0.4, -0.2) is 9.13 Å². The van der Waals surface area contributed by atoms with Crippen LogP contribution in [0.2, 0.25) is 0 Å². The van der Waals surface area contributed by atoms with E-state index >= 15 is 0 Å². The maximum atomic E-state index is 6.97. The first-order valence-electron chi connectivity index (χ1n) is 25.9. The standard InChI is InChI=1S/C72H46N2OS/c1-2-17-48(18-3-1)55-21-4-5-23-57(55)51-20-16-19-50(43-51)47-33-35-49(36-34-47)56-22-6-7-24-58(56)61-27-10-14-31-70(61)75-54-39-41-69-64(46-54)60-26-9-13-30-67(60)73(69)52-37-40-68-63(44-52)59-25-8-12-29-66(59)74(68)53-38-42-72-65(45-53)62-28-11-15-32-71(62)76-72/h1-46H. The number of ether oxygens (including phenoxy) is 1. The van der Waals surface area contributed by atoms with Crippen LogP contribution >= 0.6 is 11.3 Å². The molecule has 3 heterocycles. The molecule has 15 aromatic rings. The molecule has 0 aliphatic carbocycles. The van der Waals surface area contributed by atoms with E-state index in [1.165, 1.54) is 80.7 Å². The minimum absolute atomic E-state index is 0.784. The summed E-state index contributed by atoms with van der Waals surface area (Å²) in [6, 6.07) is 101. The molecule has 0 aliphatic heterocycles. The van der Waals surface area contributed by atoms with Crippen molar-refractivity contribution in [1.29, 1.82) is 0 Å². The third kappa shape index (κ3) is 7.33. The lowest BCUT2D eigenvalue weighted by molar-refractivity contribution is 0.485. The largest absolute Gasteiger partial charge is 0.457 e. The summed E-state index contributed by atoms with van der Waals surface area (Å²) in [6.45, 7) is 0. The van der Waals surface area contributed by atoms with Crippen molar-refractivity contribution in [2.75, 3.05) is 0 Å². The highest BCUT2D eigenvalue weighted by Crippen LogP contribution is 2.44. The van der Waals surface area contributed by atoms with Gasteiger partial charge in [-0.25, -0.2) is 0 Å². The molecule has 0 bridgehead atoms. The van der Waals surface area contributed by atoms with Gasteiger partial charge in [-0.1, -0.05) is 194 Å². The number of hydrogen-bond donors (Lipinski definition) is 0. The van der Waals surface area contributed by atoms with Gasteiger partial charge in [0.2, 0.25) is 0 Å². The van der Waals surface area contributed by atoms with E-state index in [1.807, 2.05) is 11.3 Å². The molecule has 0 amide bonds. The molecule has 0 fully saturated rings. The monoisotopic (exact) mass is 986 g/mol. The van der Waals surface area contributed by atoms with Crippen molar-refractivity contribution in [2.45, 2.75) is 0 Å². The molecular formula is C72H46N2OS. The predicted octanol–water partition coefficient (Wildman–Crippen LogP) is 20.4. The zero-order chi connectivity index (χ0) is 50.1. The molecule has 0 saturated carbocycles. The topological polar surface area (TPSA) is 19.1 Å². The van der Waals surface area contributed by atoms with Crippen LogP contribution in [0.25, 0.3) is 131 Å². The fourth-order valence-corrected chi connectivity index (χ4v) is 12.8. The summed E-state index contributed by atoms with van der Waals surface area (Å²) in [7, 11) is 0. The first kappa shape index (κ1) is 43.8. The Labute approximate surface area is 444 Å². The maximum Gasteiger partial charge on any atom is 0.135 e. The summed E-state index contributed by atoms with van der Waals surface area (Å²) in [5.41, 5.74) is 18.6. The Morgan fingerprint density at radius 1 is 0.250 bits per heavy atom. The van der Waals surface area contributed by atoms with Crippen LogP contribution in [0.4, 0.5) is 0 Å². The van der Waals surface area contributed by atoms with Crippen LogP contribution in [0.5, 0.6) is 11.5 Å². The van der Waals surface area contributed by atoms with Crippen molar-refractivity contribution >= 4 is 75.1 Å². The Balaban J connectivity index is 0.760. The zero-order valence-corrected chi connectivity index (χ0v) is 42.1. The van der Waals surface area contributed by atoms with Gasteiger partial charge in [0.1, 0.15) is 11.5 Å². The fourth-order valence-electron chi connectivity index (χ4n) is 11.7. The highest BCUT2D eigenvalue weighted by Gasteiger charge is 2.20. The summed E-state index contributed by atoms with van der Waals surface area (Å²) >= 11 is 1.86. The molecule has 0 aliphatic rings. The number of hydrogen-bond acceptors (Lipinski definition) is 2. The lowest BCUT2D eigenvalue weighted by Gasteiger charge is -2.16. The number of rotatable bonds is 9. The zero-order valence-electron chi connectivity index (χ0n) is 41.3. The van der Waals surface area contributed by atoms with E-state index in [4.69, 9.17) is 4.74 Å². The van der Waals surface area contributed by atoms with Crippen LogP contribution < -0.4 is 4.74 Å². The van der Waals surface area contributed by atoms with Crippen LogP contribution in [0, 0.1) is 0 Å². The second-order valence-corrected chi connectivity index (χ2v) is 20.7. The van der Waals surface area contributed by atoms with Crippen LogP contribution in [0.3, 0.4) is 0 Å². The molecule has 0 saturated heterocycles. The lowest BCUT2D eigenvalue weighted by atomic mass is 9.91. The van der Waals surface area contributed by atoms with Crippen molar-refractivity contribution in [3.8, 4) is 78.5 Å². The number of nitrogens with zero attached hydrogens (tertiary/aromatic N) is 2. The van der Waals surface area contributed by atoms with Crippen molar-refractivity contribution in [3.05, 3.63) is 279 Å². The molecule has 3 nitrogen and oxygen atoms in total. The van der Waals surface area contributed by atoms with Gasteiger partial charge < -0.3 is 13.9 Å². The molecule has 76 heavy (non-hydrogen) atoms. The number of benzene rings is 12. The fraction of sp³-hybridized carbons (Fsp3) is 0. The van der Waals surface area contributed by atoms with Crippen LogP contribution in [0.15, 0.2) is 279 Å². The minimum atomic E-state index is 0.784. The third-order valence-corrected chi connectivity index (χ3v) is 16.4. The molecule has 15 rings (SSSR count). The van der Waals surface area contributed by atoms with Crippen molar-refractivity contribution in [3.63, 3.8) is 0 Å². The van der Waals surface area contributed by atoms with Gasteiger partial charge >= 0.3 is 0 Å². The molecule has 0 atom stereocenters. The van der Waals surface area contributed by atoms with E-state index < -0.39 is 0 Å². The van der Waals surface area contributed by atoms with Gasteiger partial charge in [-0.2, -0.15) is 0 Å². The molecule has 12 aromatic carbocycles. The van der Waals surface area contributed by atoms with Crippen molar-refractivity contribution in [2.24, 2.45) is 0 Å². The Morgan fingerprint density at radius 3 is 1.46 bits per heavy atom. The highest BCUT2D eigenvalue weighted by molar-refractivity contribution is 7.25. The summed E-state index contributed by atoms with van der Waals surface area (Å²) < 4.78 is 14.4. The van der Waals surface area contributed by atoms with Crippen molar-refractivity contribution in [1.82, 2.24) is 9.13 Å². The first-order chi connectivity index (χ1) is 37.7. The molecular weight excluding hydrogens is 941 g/mol. The van der Waals surface area contributed by atoms with Gasteiger partial charge in [0.25, 0.3) is 0 Å². The third-order valence-electron chi connectivity index (χ3n) is 15.2. The second kappa shape index (κ2) is 18.0. The average Bonchev–Trinajstić information content (AvgIpc) is 4.24. The predicted molar refractivity (Wildman–Crippen MR) is 322 cm³/mol. The quantitative estimate of drug-likeness (QED) is 0.141. The Bertz CT molecular complexity index is 4730. The van der Waals surface area contributed by atoms with Gasteiger partial charge in [0, 0.05) is 58.7 Å². The summed E-state index contributed by atoms with van der Waals surface area (Å²) in [5, 5.41) is 7.35. The SMILES string of the molecule is c1ccc(-c2ccccc2-c2cccc(-c3ccc(-c4ccccc4-c4ccccc4Oc4ccc5c(c4)c4ccccc4n5-c4ccc5c(c4)c4ccccc4n5-c4ccc5sc6ccccc6c5c4)cc3)c2)cc1. The van der Waals surface area contributed by atoms with Gasteiger partial charge in [0.15, 0.2) is 0 Å². The number of para-hydroxylation sites is 3. The normalized spacial score (nSPS) is 11.7. The van der Waals surface area contributed by atoms with Gasteiger partial charge in [-0.3, -0.25) is 0 Å². The number of aromatic nitrogens is 2. The summed E-state index contributed by atoms with van der Waals surface area (Å²) in [5.74, 6) is 1.59. The van der Waals surface area contributed by atoms with Crippen LogP contribution in [0.1, 0.15) is 0 Å². The van der Waals surface area contributed by atoms with Crippen molar-refractivity contribution < 1.29 is 4.74 Å². The molecule has 0 unspecified atom stereocenters. The smallest absolute Gasteiger partial charge is 0.135 e. The number of thiophene rings is 1. The maximum absolute atomic E-state index is 6.97. The molecule has 356 valence electrons. The Kier molecular flexibility index (Phi) is 10.4. The Morgan fingerprint density at radius 2 is 0.724 bits per heavy atom. The molecule has 0 spiro atoms. The summed E-state index contributed by atoms with van der Waals surface area (Å²) in [6.07, 6.45) is 0.